The molecule has 1 N–H and O–H groups in total. The molecule has 0 amide bonds. The minimum absolute atomic E-state index is 0.0235. The number of aliphatic hydroxyl groups is 1. The van der Waals surface area contributed by atoms with Gasteiger partial charge >= 0.3 is 11.9 Å². The van der Waals surface area contributed by atoms with Gasteiger partial charge in [0.2, 0.25) is 12.0 Å². The smallest absolute Gasteiger partial charge is 0.373 e. The number of hydrogen-bond donors (Lipinski definition) is 1. The van der Waals surface area contributed by atoms with Gasteiger partial charge in [-0.1, -0.05) is 49.1 Å². The molecule has 2 aromatic carbocycles. The van der Waals surface area contributed by atoms with E-state index >= 15 is 0 Å². The highest BCUT2D eigenvalue weighted by Gasteiger charge is 2.29. The Hall–Kier alpha value is -3.42. The molecule has 7 heteroatoms. The third kappa shape index (κ3) is 6.06. The Morgan fingerprint density at radius 3 is 2.41 bits per heavy atom. The lowest BCUT2D eigenvalue weighted by molar-refractivity contribution is -0.163. The van der Waals surface area contributed by atoms with Gasteiger partial charge < -0.3 is 24.1 Å². The molecule has 7 nitrogen and oxygen atoms in total. The quantitative estimate of drug-likeness (QED) is 0.472. The van der Waals surface area contributed by atoms with E-state index in [1.165, 1.54) is 13.2 Å². The Bertz CT molecular complexity index is 961. The minimum atomic E-state index is -0.672. The van der Waals surface area contributed by atoms with Gasteiger partial charge in [-0.25, -0.2) is 9.59 Å². The zero-order valence-corrected chi connectivity index (χ0v) is 17.9. The Morgan fingerprint density at radius 1 is 1.09 bits per heavy atom. The first kappa shape index (κ1) is 23.2. The summed E-state index contributed by atoms with van der Waals surface area (Å²) in [4.78, 5) is 24.1. The van der Waals surface area contributed by atoms with Crippen molar-refractivity contribution in [3.63, 3.8) is 0 Å². The van der Waals surface area contributed by atoms with Crippen LogP contribution in [-0.4, -0.2) is 37.1 Å². The van der Waals surface area contributed by atoms with Crippen molar-refractivity contribution >= 4 is 11.9 Å². The van der Waals surface area contributed by atoms with E-state index in [-0.39, 0.29) is 31.5 Å². The van der Waals surface area contributed by atoms with Crippen molar-refractivity contribution in [2.45, 2.75) is 31.8 Å². The van der Waals surface area contributed by atoms with Crippen LogP contribution in [0, 0.1) is 0 Å². The molecule has 2 atom stereocenters. The number of hydrogen-bond acceptors (Lipinski definition) is 7. The maximum Gasteiger partial charge on any atom is 0.373 e. The molecule has 0 saturated carbocycles. The maximum atomic E-state index is 12.4. The zero-order valence-electron chi connectivity index (χ0n) is 17.9. The molecule has 0 aromatic heterocycles. The monoisotopic (exact) mass is 438 g/mol. The molecule has 0 aliphatic carbocycles. The Morgan fingerprint density at radius 2 is 1.78 bits per heavy atom. The van der Waals surface area contributed by atoms with Crippen molar-refractivity contribution in [2.75, 3.05) is 13.7 Å². The second-order valence-corrected chi connectivity index (χ2v) is 7.21. The van der Waals surface area contributed by atoms with Crippen LogP contribution in [0.1, 0.15) is 39.4 Å². The highest BCUT2D eigenvalue weighted by molar-refractivity contribution is 5.89. The largest absolute Gasteiger partial charge is 0.465 e. The van der Waals surface area contributed by atoms with Crippen LogP contribution in [0.5, 0.6) is 0 Å². The van der Waals surface area contributed by atoms with E-state index < -0.39 is 18.2 Å². The van der Waals surface area contributed by atoms with Gasteiger partial charge in [-0.2, -0.15) is 0 Å². The van der Waals surface area contributed by atoms with E-state index in [4.69, 9.17) is 18.9 Å². The molecule has 0 radical (unpaired) electrons. The Kier molecular flexibility index (Phi) is 8.19. The molecule has 3 rings (SSSR count). The molecule has 168 valence electrons. The van der Waals surface area contributed by atoms with E-state index in [1.807, 2.05) is 36.4 Å². The zero-order chi connectivity index (χ0) is 22.9. The van der Waals surface area contributed by atoms with Gasteiger partial charge in [-0.15, -0.1) is 0 Å². The van der Waals surface area contributed by atoms with E-state index in [0.717, 1.165) is 16.7 Å². The fraction of sp³-hybridized carbons (Fsp3) is 0.280. The van der Waals surface area contributed by atoms with Crippen molar-refractivity contribution in [3.8, 4) is 0 Å². The van der Waals surface area contributed by atoms with Crippen molar-refractivity contribution < 1.29 is 33.6 Å². The standard InChI is InChI=1S/C25H26O7/c1-3-12-30-25(28)22-13-21(19-8-10-20(11-9-19)24(27)29-2)14-23(32-22)31-16-18-6-4-17(15-26)5-7-18/h3-11,13,21,23,26H,1,12,14-16H2,2H3/t21-,23+/m0/s1. The maximum absolute atomic E-state index is 12.4. The highest BCUT2D eigenvalue weighted by Crippen LogP contribution is 2.32. The van der Waals surface area contributed by atoms with Crippen LogP contribution in [0.4, 0.5) is 0 Å². The molecule has 0 spiro atoms. The average Bonchev–Trinajstić information content (AvgIpc) is 2.85. The van der Waals surface area contributed by atoms with Gasteiger partial charge in [-0.05, 0) is 34.9 Å². The Labute approximate surface area is 186 Å². The van der Waals surface area contributed by atoms with Crippen LogP contribution in [0.25, 0.3) is 0 Å². The van der Waals surface area contributed by atoms with E-state index in [0.29, 0.717) is 12.0 Å². The molecule has 0 bridgehead atoms. The van der Waals surface area contributed by atoms with Gasteiger partial charge in [-0.3, -0.25) is 0 Å². The fourth-order valence-electron chi connectivity index (χ4n) is 3.26. The van der Waals surface area contributed by atoms with Crippen LogP contribution in [0.2, 0.25) is 0 Å². The molecule has 0 saturated heterocycles. The number of rotatable bonds is 9. The summed E-state index contributed by atoms with van der Waals surface area (Å²) in [5.41, 5.74) is 3.07. The third-order valence-corrected chi connectivity index (χ3v) is 4.99. The Balaban J connectivity index is 1.75. The molecule has 2 aromatic rings. The first-order valence-corrected chi connectivity index (χ1v) is 10.2. The second-order valence-electron chi connectivity index (χ2n) is 7.21. The van der Waals surface area contributed by atoms with Crippen molar-refractivity contribution in [2.24, 2.45) is 0 Å². The summed E-state index contributed by atoms with van der Waals surface area (Å²) in [5.74, 6) is -1.12. The van der Waals surface area contributed by atoms with Crippen LogP contribution in [0.3, 0.4) is 0 Å². The number of ether oxygens (including phenoxy) is 4. The SMILES string of the molecule is C=CCOC(=O)C1=C[C@H](c2ccc(C(=O)OC)cc2)C[C@H](OCc2ccc(CO)cc2)O1. The van der Waals surface area contributed by atoms with Crippen molar-refractivity contribution in [1.82, 2.24) is 0 Å². The van der Waals surface area contributed by atoms with Crippen LogP contribution in [0.15, 0.2) is 73.0 Å². The predicted octanol–water partition coefficient (Wildman–Crippen LogP) is 3.63. The first-order valence-electron chi connectivity index (χ1n) is 10.2. The molecule has 0 unspecified atom stereocenters. The van der Waals surface area contributed by atoms with E-state index in [1.54, 1.807) is 18.2 Å². The minimum Gasteiger partial charge on any atom is -0.465 e. The summed E-state index contributed by atoms with van der Waals surface area (Å²) in [6, 6.07) is 14.4. The number of aliphatic hydroxyl groups excluding tert-OH is 1. The van der Waals surface area contributed by atoms with Gasteiger partial charge in [0.15, 0.2) is 0 Å². The summed E-state index contributed by atoms with van der Waals surface area (Å²) in [6.07, 6.45) is 2.99. The van der Waals surface area contributed by atoms with Crippen LogP contribution in [-0.2, 0) is 37.0 Å². The van der Waals surface area contributed by atoms with Gasteiger partial charge in [0, 0.05) is 12.3 Å². The van der Waals surface area contributed by atoms with Gasteiger partial charge in [0.1, 0.15) is 6.61 Å². The highest BCUT2D eigenvalue weighted by atomic mass is 16.7. The summed E-state index contributed by atoms with van der Waals surface area (Å²) >= 11 is 0. The number of carbonyl (C=O) groups excluding carboxylic acids is 2. The summed E-state index contributed by atoms with van der Waals surface area (Å²) in [6.45, 7) is 3.87. The summed E-state index contributed by atoms with van der Waals surface area (Å²) in [7, 11) is 1.33. The van der Waals surface area contributed by atoms with Crippen molar-refractivity contribution in [1.29, 1.82) is 0 Å². The number of carbonyl (C=O) groups is 2. The molecule has 32 heavy (non-hydrogen) atoms. The topological polar surface area (TPSA) is 91.3 Å². The molecule has 1 heterocycles. The predicted molar refractivity (Wildman–Crippen MR) is 116 cm³/mol. The lowest BCUT2D eigenvalue weighted by Gasteiger charge is -2.29. The summed E-state index contributed by atoms with van der Waals surface area (Å²) in [5, 5.41) is 9.17. The van der Waals surface area contributed by atoms with Gasteiger partial charge in [0.05, 0.1) is 25.9 Å². The number of methoxy groups -OCH3 is 1. The lowest BCUT2D eigenvalue weighted by Crippen LogP contribution is -2.27. The molecule has 0 fully saturated rings. The van der Waals surface area contributed by atoms with Gasteiger partial charge in [0.25, 0.3) is 0 Å². The molecule has 1 aliphatic heterocycles. The second kappa shape index (κ2) is 11.3. The molecule has 1 aliphatic rings. The van der Waals surface area contributed by atoms with E-state index in [2.05, 4.69) is 6.58 Å². The fourth-order valence-corrected chi connectivity index (χ4v) is 3.26. The van der Waals surface area contributed by atoms with Crippen LogP contribution < -0.4 is 0 Å². The molecular formula is C25H26O7. The van der Waals surface area contributed by atoms with Crippen molar-refractivity contribution in [3.05, 3.63) is 95.3 Å². The third-order valence-electron chi connectivity index (χ3n) is 4.99. The number of allylic oxidation sites excluding steroid dienone is 1. The normalized spacial score (nSPS) is 17.6. The lowest BCUT2D eigenvalue weighted by atomic mass is 9.92. The molecular weight excluding hydrogens is 412 g/mol. The number of esters is 2. The average molecular weight is 438 g/mol. The first-order chi connectivity index (χ1) is 15.5. The van der Waals surface area contributed by atoms with Crippen LogP contribution >= 0.6 is 0 Å². The summed E-state index contributed by atoms with van der Waals surface area (Å²) < 4.78 is 21.6. The number of benzene rings is 2. The van der Waals surface area contributed by atoms with E-state index in [9.17, 15) is 14.7 Å².